The zero-order chi connectivity index (χ0) is 27.7. The van der Waals surface area contributed by atoms with Crippen LogP contribution in [0.2, 0.25) is 5.15 Å². The molecule has 0 spiro atoms. The Balaban J connectivity index is 1.54. The molecule has 0 aliphatic carbocycles. The number of nitrogens with one attached hydrogen (secondary N) is 3. The molecule has 1 aliphatic heterocycles. The third kappa shape index (κ3) is 5.44. The van der Waals surface area contributed by atoms with E-state index < -0.39 is 0 Å². The van der Waals surface area contributed by atoms with Crippen molar-refractivity contribution < 1.29 is 4.79 Å². The second-order valence-electron chi connectivity index (χ2n) is 10.3. The second kappa shape index (κ2) is 11.2. The van der Waals surface area contributed by atoms with Crippen molar-refractivity contribution in [1.82, 2.24) is 25.2 Å². The summed E-state index contributed by atoms with van der Waals surface area (Å²) in [5.74, 6) is 0.701. The molecule has 3 aromatic heterocycles. The smallest absolute Gasteiger partial charge is 0.252 e. The zero-order valence-corrected chi connectivity index (χ0v) is 23.7. The van der Waals surface area contributed by atoms with E-state index in [1.54, 1.807) is 6.92 Å². The van der Waals surface area contributed by atoms with Crippen molar-refractivity contribution in [2.45, 2.75) is 46.7 Å². The van der Waals surface area contributed by atoms with Crippen LogP contribution in [-0.4, -0.2) is 46.6 Å². The van der Waals surface area contributed by atoms with Crippen LogP contribution in [0.5, 0.6) is 0 Å². The molecule has 0 saturated carbocycles. The number of carbonyl (C=O) groups excluding carboxylic acids is 1. The predicted octanol–water partition coefficient (Wildman–Crippen LogP) is 4.97. The van der Waals surface area contributed by atoms with E-state index in [2.05, 4.69) is 63.3 Å². The van der Waals surface area contributed by atoms with Crippen molar-refractivity contribution in [2.24, 2.45) is 0 Å². The van der Waals surface area contributed by atoms with Crippen LogP contribution in [0.1, 0.15) is 53.5 Å². The number of H-pyrrole nitrogens is 1. The monoisotopic (exact) mass is 546 g/mol. The fourth-order valence-corrected chi connectivity index (χ4v) is 5.55. The molecular formula is C30H35ClN6O2. The van der Waals surface area contributed by atoms with Gasteiger partial charge in [-0.1, -0.05) is 18.5 Å². The van der Waals surface area contributed by atoms with E-state index in [1.807, 2.05) is 19.2 Å². The van der Waals surface area contributed by atoms with Gasteiger partial charge in [0.25, 0.3) is 5.91 Å². The lowest BCUT2D eigenvalue weighted by Gasteiger charge is -2.28. The Hall–Kier alpha value is -3.62. The van der Waals surface area contributed by atoms with Crippen molar-refractivity contribution in [3.8, 4) is 11.1 Å². The molecule has 1 fully saturated rings. The highest BCUT2D eigenvalue weighted by atomic mass is 35.5. The van der Waals surface area contributed by atoms with Crippen molar-refractivity contribution in [3.05, 3.63) is 80.5 Å². The Morgan fingerprint density at radius 1 is 1.15 bits per heavy atom. The van der Waals surface area contributed by atoms with Gasteiger partial charge in [0.2, 0.25) is 0 Å². The van der Waals surface area contributed by atoms with E-state index >= 15 is 0 Å². The maximum atomic E-state index is 13.7. The normalized spacial score (nSPS) is 14.5. The summed E-state index contributed by atoms with van der Waals surface area (Å²) in [6.45, 7) is 11.9. The molecule has 4 heterocycles. The van der Waals surface area contributed by atoms with Crippen molar-refractivity contribution in [2.75, 3.05) is 31.1 Å². The third-order valence-corrected chi connectivity index (χ3v) is 7.92. The number of amides is 1. The first-order valence-electron chi connectivity index (χ1n) is 13.5. The number of benzene rings is 1. The molecule has 204 valence electrons. The molecule has 39 heavy (non-hydrogen) atoms. The zero-order valence-electron chi connectivity index (χ0n) is 22.9. The molecule has 1 amide bonds. The topological polar surface area (TPSA) is 95.0 Å². The lowest BCUT2D eigenvalue weighted by Crippen LogP contribution is -2.43. The molecule has 1 atom stereocenters. The molecule has 0 unspecified atom stereocenters. The van der Waals surface area contributed by atoms with Gasteiger partial charge in [0.05, 0.1) is 5.56 Å². The summed E-state index contributed by atoms with van der Waals surface area (Å²) in [5.41, 5.74) is 5.26. The minimum atomic E-state index is -0.256. The first kappa shape index (κ1) is 27.0. The van der Waals surface area contributed by atoms with Crippen molar-refractivity contribution in [1.29, 1.82) is 0 Å². The van der Waals surface area contributed by atoms with Gasteiger partial charge in [0, 0.05) is 84.9 Å². The van der Waals surface area contributed by atoms with Gasteiger partial charge in [0.1, 0.15) is 11.0 Å². The number of aromatic nitrogens is 3. The van der Waals surface area contributed by atoms with E-state index in [9.17, 15) is 9.59 Å². The molecule has 8 nitrogen and oxygen atoms in total. The highest BCUT2D eigenvalue weighted by molar-refractivity contribution is 6.30. The van der Waals surface area contributed by atoms with Crippen LogP contribution in [0.25, 0.3) is 22.0 Å². The van der Waals surface area contributed by atoms with E-state index in [0.717, 1.165) is 66.0 Å². The Bertz CT molecular complexity index is 1570. The van der Waals surface area contributed by atoms with Crippen LogP contribution in [0.3, 0.4) is 0 Å². The minimum absolute atomic E-state index is 0.0328. The van der Waals surface area contributed by atoms with Gasteiger partial charge < -0.3 is 25.1 Å². The highest BCUT2D eigenvalue weighted by Crippen LogP contribution is 2.34. The van der Waals surface area contributed by atoms with E-state index in [-0.39, 0.29) is 29.1 Å². The minimum Gasteiger partial charge on any atom is -0.354 e. The lowest BCUT2D eigenvalue weighted by atomic mass is 9.98. The Kier molecular flexibility index (Phi) is 7.77. The summed E-state index contributed by atoms with van der Waals surface area (Å²) >= 11 is 6.29. The number of aromatic amines is 1. The van der Waals surface area contributed by atoms with Crippen LogP contribution in [0.4, 0.5) is 5.82 Å². The first-order valence-corrected chi connectivity index (χ1v) is 13.9. The largest absolute Gasteiger partial charge is 0.354 e. The number of aryl methyl sites for hydroxylation is 2. The average molecular weight is 547 g/mol. The van der Waals surface area contributed by atoms with Gasteiger partial charge in [-0.25, -0.2) is 4.98 Å². The third-order valence-electron chi connectivity index (χ3n) is 7.60. The quantitative estimate of drug-likeness (QED) is 0.284. The van der Waals surface area contributed by atoms with Crippen LogP contribution < -0.4 is 21.0 Å². The summed E-state index contributed by atoms with van der Waals surface area (Å²) in [5, 5.41) is 7.46. The molecule has 3 N–H and O–H groups in total. The van der Waals surface area contributed by atoms with Gasteiger partial charge in [0.15, 0.2) is 5.43 Å². The van der Waals surface area contributed by atoms with Crippen molar-refractivity contribution in [3.63, 3.8) is 0 Å². The molecule has 0 bridgehead atoms. The number of hydrogen-bond acceptors (Lipinski definition) is 5. The maximum Gasteiger partial charge on any atom is 0.252 e. The van der Waals surface area contributed by atoms with Gasteiger partial charge >= 0.3 is 0 Å². The number of anilines is 1. The number of nitrogens with zero attached hydrogens (tertiary/aromatic N) is 3. The number of fused-ring (bicyclic) bond motifs is 1. The molecule has 1 aliphatic rings. The van der Waals surface area contributed by atoms with Gasteiger partial charge in [-0.05, 0) is 62.6 Å². The molecule has 1 saturated heterocycles. The Morgan fingerprint density at radius 3 is 2.59 bits per heavy atom. The average Bonchev–Trinajstić information content (AvgIpc) is 3.28. The summed E-state index contributed by atoms with van der Waals surface area (Å²) < 4.78 is 2.25. The Morgan fingerprint density at radius 2 is 1.92 bits per heavy atom. The van der Waals surface area contributed by atoms with E-state index in [1.165, 1.54) is 6.07 Å². The number of piperazine rings is 1. The number of rotatable bonds is 7. The standard InChI is InChI=1S/C30H35ClN6O2/c1-5-20(4)37-17-18(2)28-23(30(39)34-16-24-26(38)12-19(3)35-29(24)31)13-22(14-25(28)37)21-6-7-27(33-15-21)36-10-8-32-9-11-36/h6-7,12-15,17,20,32H,5,8-11,16H2,1-4H3,(H,34,39)(H,35,38)/t20-/m0/s1. The molecule has 9 heteroatoms. The molecule has 5 rings (SSSR count). The highest BCUT2D eigenvalue weighted by Gasteiger charge is 2.20. The first-order chi connectivity index (χ1) is 18.8. The van der Waals surface area contributed by atoms with E-state index in [0.29, 0.717) is 16.8 Å². The van der Waals surface area contributed by atoms with Crippen LogP contribution in [0.15, 0.2) is 47.5 Å². The predicted molar refractivity (Wildman–Crippen MR) is 158 cm³/mol. The molecule has 0 radical (unpaired) electrons. The fourth-order valence-electron chi connectivity index (χ4n) is 5.24. The van der Waals surface area contributed by atoms with Crippen LogP contribution >= 0.6 is 11.6 Å². The van der Waals surface area contributed by atoms with Gasteiger partial charge in [-0.15, -0.1) is 0 Å². The number of hydrogen-bond donors (Lipinski definition) is 3. The van der Waals surface area contributed by atoms with Gasteiger partial charge in [-0.3, -0.25) is 9.59 Å². The fraction of sp³-hybridized carbons (Fsp3) is 0.367. The van der Waals surface area contributed by atoms with Gasteiger partial charge in [-0.2, -0.15) is 0 Å². The summed E-state index contributed by atoms with van der Waals surface area (Å²) in [6.07, 6.45) is 4.96. The Labute approximate surface area is 233 Å². The van der Waals surface area contributed by atoms with Crippen molar-refractivity contribution >= 4 is 34.2 Å². The molecular weight excluding hydrogens is 512 g/mol. The number of pyridine rings is 2. The number of carbonyl (C=O) groups is 1. The molecule has 1 aromatic carbocycles. The van der Waals surface area contributed by atoms with E-state index in [4.69, 9.17) is 16.6 Å². The second-order valence-corrected chi connectivity index (χ2v) is 10.7. The molecule has 4 aromatic rings. The lowest BCUT2D eigenvalue weighted by molar-refractivity contribution is 0.0952. The summed E-state index contributed by atoms with van der Waals surface area (Å²) in [7, 11) is 0. The van der Waals surface area contributed by atoms with Crippen LogP contribution in [0, 0.1) is 13.8 Å². The SMILES string of the molecule is CC[C@H](C)n1cc(C)c2c(C(=O)NCc3c(Cl)[nH]c(C)cc3=O)cc(-c3ccc(N4CCNCC4)nc3)cc21. The maximum absolute atomic E-state index is 13.7. The number of halogens is 1. The summed E-state index contributed by atoms with van der Waals surface area (Å²) in [4.78, 5) is 36.1. The summed E-state index contributed by atoms with van der Waals surface area (Å²) in [6, 6.07) is 9.95. The van der Waals surface area contributed by atoms with Crippen LogP contribution in [-0.2, 0) is 6.54 Å².